The highest BCUT2D eigenvalue weighted by molar-refractivity contribution is 6.06. The van der Waals surface area contributed by atoms with Crippen molar-refractivity contribution in [2.45, 2.75) is 6.42 Å². The number of hydrogen-bond donors (Lipinski definition) is 5. The molecule has 0 unspecified atom stereocenters. The van der Waals surface area contributed by atoms with Gasteiger partial charge in [-0.1, -0.05) is 0 Å². The van der Waals surface area contributed by atoms with Gasteiger partial charge in [0.05, 0.1) is 17.5 Å². The van der Waals surface area contributed by atoms with Crippen LogP contribution in [0.4, 0.5) is 5.82 Å². The number of phenols is 2. The van der Waals surface area contributed by atoms with Crippen molar-refractivity contribution in [3.05, 3.63) is 47.2 Å². The predicted molar refractivity (Wildman–Crippen MR) is 80.3 cm³/mol. The smallest absolute Gasteiger partial charge is 0.337 e. The van der Waals surface area contributed by atoms with E-state index in [4.69, 9.17) is 10.2 Å². The highest BCUT2D eigenvalue weighted by Crippen LogP contribution is 2.28. The number of carboxylic acid groups (broad SMARTS) is 2. The van der Waals surface area contributed by atoms with Crippen molar-refractivity contribution in [2.75, 3.05) is 5.32 Å². The fourth-order valence-electron chi connectivity index (χ4n) is 1.88. The average Bonchev–Trinajstić information content (AvgIpc) is 2.50. The zero-order chi connectivity index (χ0) is 17.9. The Kier molecular flexibility index (Phi) is 4.64. The fraction of sp³-hybridized carbons (Fsp3) is 0.0667. The van der Waals surface area contributed by atoms with E-state index in [1.807, 2.05) is 0 Å². The summed E-state index contributed by atoms with van der Waals surface area (Å²) in [6.45, 7) is 0. The largest absolute Gasteiger partial charge is 0.508 e. The minimum Gasteiger partial charge on any atom is -0.508 e. The molecule has 0 radical (unpaired) electrons. The average molecular weight is 332 g/mol. The number of carbonyl (C=O) groups is 3. The number of rotatable bonds is 5. The summed E-state index contributed by atoms with van der Waals surface area (Å²) in [5, 5.41) is 39.4. The number of hydrogen-bond acceptors (Lipinski definition) is 6. The number of aromatic hydroxyl groups is 2. The van der Waals surface area contributed by atoms with E-state index < -0.39 is 35.8 Å². The zero-order valence-corrected chi connectivity index (χ0v) is 12.1. The van der Waals surface area contributed by atoms with Gasteiger partial charge in [-0.15, -0.1) is 0 Å². The van der Waals surface area contributed by atoms with Gasteiger partial charge < -0.3 is 25.7 Å². The topological polar surface area (TPSA) is 157 Å². The Balaban J connectivity index is 2.21. The second-order valence-corrected chi connectivity index (χ2v) is 4.76. The van der Waals surface area contributed by atoms with E-state index >= 15 is 0 Å². The van der Waals surface area contributed by atoms with Crippen LogP contribution in [0.25, 0.3) is 0 Å². The van der Waals surface area contributed by atoms with Crippen LogP contribution in [0.2, 0.25) is 0 Å². The quantitative estimate of drug-likeness (QED) is 0.509. The number of aliphatic carboxylic acids is 1. The van der Waals surface area contributed by atoms with Crippen LogP contribution in [0, 0.1) is 0 Å². The molecule has 0 aliphatic heterocycles. The summed E-state index contributed by atoms with van der Waals surface area (Å²) in [6.07, 6.45) is 0.532. The first-order valence-electron chi connectivity index (χ1n) is 6.55. The summed E-state index contributed by atoms with van der Waals surface area (Å²) in [6, 6.07) is 4.42. The summed E-state index contributed by atoms with van der Waals surface area (Å²) in [5.41, 5.74) is -0.391. The molecule has 0 atom stereocenters. The maximum Gasteiger partial charge on any atom is 0.337 e. The van der Waals surface area contributed by atoms with Crippen LogP contribution >= 0.6 is 0 Å². The van der Waals surface area contributed by atoms with Gasteiger partial charge in [-0.2, -0.15) is 0 Å². The molecule has 2 rings (SSSR count). The molecule has 1 aromatic carbocycles. The number of aromatic nitrogens is 1. The Bertz CT molecular complexity index is 815. The third kappa shape index (κ3) is 3.77. The standard InChI is InChI=1S/C15H12N2O7/c18-10-5-9(11(19)3-8(10)4-13(20)21)14(22)17-12-2-1-7(6-16-12)15(23)24/h1-3,5-6,18-19H,4H2,(H,20,21)(H,23,24)(H,16,17,22). The molecule has 1 aromatic heterocycles. The van der Waals surface area contributed by atoms with Crippen LogP contribution in [0.15, 0.2) is 30.5 Å². The van der Waals surface area contributed by atoms with Crippen LogP contribution in [0.3, 0.4) is 0 Å². The first-order valence-corrected chi connectivity index (χ1v) is 6.55. The van der Waals surface area contributed by atoms with Gasteiger partial charge in [-0.25, -0.2) is 9.78 Å². The normalized spacial score (nSPS) is 10.2. The molecular weight excluding hydrogens is 320 g/mol. The van der Waals surface area contributed by atoms with Crippen molar-refractivity contribution in [1.29, 1.82) is 0 Å². The number of carboxylic acids is 2. The van der Waals surface area contributed by atoms with E-state index in [1.165, 1.54) is 12.1 Å². The number of nitrogens with one attached hydrogen (secondary N) is 1. The van der Waals surface area contributed by atoms with Crippen LogP contribution in [0.5, 0.6) is 11.5 Å². The molecule has 0 saturated carbocycles. The number of phenolic OH excluding ortho intramolecular Hbond substituents is 2. The van der Waals surface area contributed by atoms with Crippen LogP contribution < -0.4 is 5.32 Å². The Morgan fingerprint density at radius 2 is 1.75 bits per heavy atom. The molecule has 9 heteroatoms. The number of pyridine rings is 1. The molecule has 1 amide bonds. The number of aromatic carboxylic acids is 1. The summed E-state index contributed by atoms with van der Waals surface area (Å²) < 4.78 is 0. The van der Waals surface area contributed by atoms with Gasteiger partial charge in [0.2, 0.25) is 0 Å². The van der Waals surface area contributed by atoms with Gasteiger partial charge in [0, 0.05) is 11.8 Å². The molecule has 0 saturated heterocycles. The van der Waals surface area contributed by atoms with E-state index in [-0.39, 0.29) is 22.5 Å². The maximum absolute atomic E-state index is 12.1. The van der Waals surface area contributed by atoms with Gasteiger partial charge in [-0.3, -0.25) is 9.59 Å². The lowest BCUT2D eigenvalue weighted by molar-refractivity contribution is -0.136. The molecule has 0 spiro atoms. The van der Waals surface area contributed by atoms with Gasteiger partial charge >= 0.3 is 11.9 Å². The summed E-state index contributed by atoms with van der Waals surface area (Å²) >= 11 is 0. The monoisotopic (exact) mass is 332 g/mol. The second-order valence-electron chi connectivity index (χ2n) is 4.76. The molecule has 5 N–H and O–H groups in total. The SMILES string of the molecule is O=C(O)Cc1cc(O)c(C(=O)Nc2ccc(C(=O)O)cn2)cc1O. The highest BCUT2D eigenvalue weighted by atomic mass is 16.4. The van der Waals surface area contributed by atoms with Crippen molar-refractivity contribution >= 4 is 23.7 Å². The lowest BCUT2D eigenvalue weighted by Crippen LogP contribution is -2.14. The second kappa shape index (κ2) is 6.65. The Labute approximate surface area is 134 Å². The fourth-order valence-corrected chi connectivity index (χ4v) is 1.88. The Hall–Kier alpha value is -3.62. The minimum absolute atomic E-state index is 0.0403. The molecule has 1 heterocycles. The summed E-state index contributed by atoms with van der Waals surface area (Å²) in [4.78, 5) is 37.2. The van der Waals surface area contributed by atoms with Gasteiger partial charge in [0.15, 0.2) is 0 Å². The van der Waals surface area contributed by atoms with Gasteiger partial charge in [-0.05, 0) is 24.3 Å². The molecule has 2 aromatic rings. The molecule has 124 valence electrons. The molecule has 0 aliphatic rings. The maximum atomic E-state index is 12.1. The van der Waals surface area contributed by atoms with E-state index in [0.29, 0.717) is 0 Å². The van der Waals surface area contributed by atoms with Crippen LogP contribution in [-0.4, -0.2) is 43.3 Å². The number of benzene rings is 1. The Morgan fingerprint density at radius 3 is 2.29 bits per heavy atom. The number of amides is 1. The van der Waals surface area contributed by atoms with Crippen LogP contribution in [-0.2, 0) is 11.2 Å². The third-order valence-corrected chi connectivity index (χ3v) is 3.04. The first-order chi connectivity index (χ1) is 11.3. The minimum atomic E-state index is -1.20. The molecule has 0 aliphatic carbocycles. The summed E-state index contributed by atoms with van der Waals surface area (Å²) in [7, 11) is 0. The van der Waals surface area contributed by atoms with Crippen molar-refractivity contribution in [3.8, 4) is 11.5 Å². The molecule has 24 heavy (non-hydrogen) atoms. The van der Waals surface area contributed by atoms with Crippen molar-refractivity contribution < 1.29 is 34.8 Å². The first kappa shape index (κ1) is 16.7. The Morgan fingerprint density at radius 1 is 1.04 bits per heavy atom. The lowest BCUT2D eigenvalue weighted by Gasteiger charge is -2.09. The van der Waals surface area contributed by atoms with E-state index in [2.05, 4.69) is 10.3 Å². The molecule has 0 fully saturated rings. The number of carbonyl (C=O) groups excluding carboxylic acids is 1. The number of nitrogens with zero attached hydrogens (tertiary/aromatic N) is 1. The predicted octanol–water partition coefficient (Wildman–Crippen LogP) is 1.07. The molecule has 0 bridgehead atoms. The zero-order valence-electron chi connectivity index (χ0n) is 12.1. The van der Waals surface area contributed by atoms with Gasteiger partial charge in [0.25, 0.3) is 5.91 Å². The molecular formula is C15H12N2O7. The van der Waals surface area contributed by atoms with Crippen LogP contribution in [0.1, 0.15) is 26.3 Å². The summed E-state index contributed by atoms with van der Waals surface area (Å²) in [5.74, 6) is -4.10. The highest BCUT2D eigenvalue weighted by Gasteiger charge is 2.17. The van der Waals surface area contributed by atoms with Crippen molar-refractivity contribution in [3.63, 3.8) is 0 Å². The van der Waals surface area contributed by atoms with Crippen molar-refractivity contribution in [2.24, 2.45) is 0 Å². The number of anilines is 1. The van der Waals surface area contributed by atoms with Gasteiger partial charge in [0.1, 0.15) is 17.3 Å². The lowest BCUT2D eigenvalue weighted by atomic mass is 10.1. The van der Waals surface area contributed by atoms with E-state index in [1.54, 1.807) is 0 Å². The van der Waals surface area contributed by atoms with Crippen molar-refractivity contribution in [1.82, 2.24) is 4.98 Å². The third-order valence-electron chi connectivity index (χ3n) is 3.04. The van der Waals surface area contributed by atoms with E-state index in [9.17, 15) is 24.6 Å². The van der Waals surface area contributed by atoms with E-state index in [0.717, 1.165) is 18.3 Å². The molecule has 9 nitrogen and oxygen atoms in total.